The number of nitrogens with one attached hydrogen (secondary N) is 1. The van der Waals surface area contributed by atoms with E-state index in [2.05, 4.69) is 26.3 Å². The van der Waals surface area contributed by atoms with Gasteiger partial charge in [-0.15, -0.1) is 0 Å². The fourth-order valence-electron chi connectivity index (χ4n) is 2.50. The van der Waals surface area contributed by atoms with Crippen LogP contribution in [0.5, 0.6) is 0 Å². The van der Waals surface area contributed by atoms with Crippen molar-refractivity contribution in [3.8, 4) is 0 Å². The van der Waals surface area contributed by atoms with Gasteiger partial charge < -0.3 is 0 Å². The molecule has 1 heterocycles. The molecule has 5 nitrogen and oxygen atoms in total. The summed E-state index contributed by atoms with van der Waals surface area (Å²) >= 11 is 3.36. The average Bonchev–Trinajstić information content (AvgIpc) is 2.58. The highest BCUT2D eigenvalue weighted by Gasteiger charge is 2.13. The summed E-state index contributed by atoms with van der Waals surface area (Å²) < 4.78 is 2.04. The van der Waals surface area contributed by atoms with Crippen LogP contribution in [0, 0.1) is 0 Å². The zero-order valence-corrected chi connectivity index (χ0v) is 14.7. The smallest absolute Gasteiger partial charge is 0.273 e. The maximum absolute atomic E-state index is 12.7. The third-order valence-corrected chi connectivity index (χ3v) is 4.15. The first-order valence-corrected chi connectivity index (χ1v) is 8.42. The quantitative estimate of drug-likeness (QED) is 0.750. The van der Waals surface area contributed by atoms with E-state index in [1.54, 1.807) is 12.1 Å². The van der Waals surface area contributed by atoms with E-state index in [1.807, 2.05) is 43.3 Å². The van der Waals surface area contributed by atoms with Gasteiger partial charge in [-0.25, -0.2) is 9.66 Å². The van der Waals surface area contributed by atoms with Crippen LogP contribution in [0.15, 0.2) is 57.8 Å². The summed E-state index contributed by atoms with van der Waals surface area (Å²) in [5.41, 5.74) is 3.90. The van der Waals surface area contributed by atoms with Crippen LogP contribution in [-0.2, 0) is 17.6 Å². The fourth-order valence-corrected chi connectivity index (χ4v) is 2.86. The zero-order valence-electron chi connectivity index (χ0n) is 13.1. The number of halogens is 1. The van der Waals surface area contributed by atoms with E-state index in [-0.39, 0.29) is 17.9 Å². The predicted molar refractivity (Wildman–Crippen MR) is 97.6 cm³/mol. The number of carbonyl (C=O) groups is 1. The number of carbonyl (C=O) groups excluding carboxylic acids is 1. The monoisotopic (exact) mass is 385 g/mol. The average molecular weight is 386 g/mol. The summed E-state index contributed by atoms with van der Waals surface area (Å²) in [6.45, 7) is 1.90. The Kier molecular flexibility index (Phi) is 4.76. The molecule has 0 aliphatic rings. The van der Waals surface area contributed by atoms with Crippen LogP contribution in [-0.4, -0.2) is 15.6 Å². The van der Waals surface area contributed by atoms with Gasteiger partial charge in [0.25, 0.3) is 5.56 Å². The van der Waals surface area contributed by atoms with Crippen molar-refractivity contribution >= 4 is 32.7 Å². The summed E-state index contributed by atoms with van der Waals surface area (Å²) in [7, 11) is 0. The minimum Gasteiger partial charge on any atom is -0.273 e. The molecule has 1 N–H and O–H groups in total. The Bertz CT molecular complexity index is 952. The highest BCUT2D eigenvalue weighted by molar-refractivity contribution is 9.10. The van der Waals surface area contributed by atoms with E-state index in [0.717, 1.165) is 10.0 Å². The Labute approximate surface area is 147 Å². The molecule has 0 radical (unpaired) electrons. The number of hydrogen-bond donors (Lipinski definition) is 1. The Hall–Kier alpha value is -2.47. The third-order valence-electron chi connectivity index (χ3n) is 3.66. The zero-order chi connectivity index (χ0) is 17.1. The molecule has 0 fully saturated rings. The van der Waals surface area contributed by atoms with E-state index in [4.69, 9.17) is 0 Å². The number of aromatic nitrogens is 2. The summed E-state index contributed by atoms with van der Waals surface area (Å²) in [5, 5.41) is 0.460. The van der Waals surface area contributed by atoms with Crippen molar-refractivity contribution in [3.63, 3.8) is 0 Å². The molecule has 0 spiro atoms. The van der Waals surface area contributed by atoms with Gasteiger partial charge in [0.1, 0.15) is 5.82 Å². The van der Waals surface area contributed by atoms with Crippen molar-refractivity contribution in [3.05, 3.63) is 74.7 Å². The number of aryl methyl sites for hydroxylation is 1. The van der Waals surface area contributed by atoms with Crippen molar-refractivity contribution in [2.24, 2.45) is 0 Å². The van der Waals surface area contributed by atoms with Gasteiger partial charge in [-0.2, -0.15) is 0 Å². The van der Waals surface area contributed by atoms with Gasteiger partial charge in [0.15, 0.2) is 0 Å². The minimum absolute atomic E-state index is 0.201. The van der Waals surface area contributed by atoms with Gasteiger partial charge in [-0.05, 0) is 23.8 Å². The molecule has 0 saturated heterocycles. The summed E-state index contributed by atoms with van der Waals surface area (Å²) in [5.74, 6) is 0.269. The molecule has 122 valence electrons. The molecule has 3 aromatic rings. The van der Waals surface area contributed by atoms with Gasteiger partial charge in [0.05, 0.1) is 17.3 Å². The lowest BCUT2D eigenvalue weighted by molar-refractivity contribution is -0.116. The van der Waals surface area contributed by atoms with Crippen molar-refractivity contribution in [2.45, 2.75) is 19.8 Å². The molecule has 0 bridgehead atoms. The van der Waals surface area contributed by atoms with Gasteiger partial charge in [0, 0.05) is 10.9 Å². The van der Waals surface area contributed by atoms with Crippen LogP contribution in [0.1, 0.15) is 18.3 Å². The standard InChI is InChI=1S/C18H16BrN3O2/c1-2-16-20-15-9-8-13(19)11-14(15)18(24)22(16)21-17(23)10-12-6-4-3-5-7-12/h3-9,11H,2,10H2,1H3,(H,21,23). The van der Waals surface area contributed by atoms with E-state index in [0.29, 0.717) is 23.1 Å². The first-order chi connectivity index (χ1) is 11.6. The topological polar surface area (TPSA) is 64.0 Å². The summed E-state index contributed by atoms with van der Waals surface area (Å²) in [6.07, 6.45) is 0.736. The molecule has 1 aromatic heterocycles. The normalized spacial score (nSPS) is 10.8. The number of hydrogen-bond acceptors (Lipinski definition) is 3. The van der Waals surface area contributed by atoms with E-state index < -0.39 is 0 Å². The lowest BCUT2D eigenvalue weighted by atomic mass is 10.1. The van der Waals surface area contributed by atoms with E-state index in [1.165, 1.54) is 4.68 Å². The highest BCUT2D eigenvalue weighted by Crippen LogP contribution is 2.15. The Morgan fingerprint density at radius 2 is 1.96 bits per heavy atom. The van der Waals surface area contributed by atoms with Crippen LogP contribution >= 0.6 is 15.9 Å². The van der Waals surface area contributed by atoms with Gasteiger partial charge in [-0.1, -0.05) is 53.2 Å². The Balaban J connectivity index is 1.97. The van der Waals surface area contributed by atoms with E-state index in [9.17, 15) is 9.59 Å². The second kappa shape index (κ2) is 6.97. The summed E-state index contributed by atoms with van der Waals surface area (Å²) in [4.78, 5) is 29.5. The maximum Gasteiger partial charge on any atom is 0.280 e. The van der Waals surface area contributed by atoms with Crippen LogP contribution in [0.2, 0.25) is 0 Å². The molecule has 2 aromatic carbocycles. The van der Waals surface area contributed by atoms with Crippen LogP contribution in [0.4, 0.5) is 0 Å². The Morgan fingerprint density at radius 3 is 2.67 bits per heavy atom. The number of rotatable bonds is 4. The molecule has 0 aliphatic heterocycles. The largest absolute Gasteiger partial charge is 0.280 e. The SMILES string of the molecule is CCc1nc2ccc(Br)cc2c(=O)n1NC(=O)Cc1ccccc1. The molecule has 0 aliphatic carbocycles. The first kappa shape index (κ1) is 16.4. The molecular weight excluding hydrogens is 370 g/mol. The predicted octanol–water partition coefficient (Wildman–Crippen LogP) is 3.03. The number of amides is 1. The van der Waals surface area contributed by atoms with Crippen LogP contribution in [0.3, 0.4) is 0 Å². The van der Waals surface area contributed by atoms with Gasteiger partial charge in [0.2, 0.25) is 5.91 Å². The lowest BCUT2D eigenvalue weighted by Crippen LogP contribution is -2.37. The van der Waals surface area contributed by atoms with E-state index >= 15 is 0 Å². The molecule has 24 heavy (non-hydrogen) atoms. The lowest BCUT2D eigenvalue weighted by Gasteiger charge is -2.13. The van der Waals surface area contributed by atoms with Crippen molar-refractivity contribution in [1.82, 2.24) is 9.66 Å². The highest BCUT2D eigenvalue weighted by atomic mass is 79.9. The van der Waals surface area contributed by atoms with Crippen molar-refractivity contribution in [2.75, 3.05) is 5.43 Å². The van der Waals surface area contributed by atoms with Crippen LogP contribution in [0.25, 0.3) is 10.9 Å². The maximum atomic E-state index is 12.7. The summed E-state index contributed by atoms with van der Waals surface area (Å²) in [6, 6.07) is 14.7. The molecule has 0 atom stereocenters. The van der Waals surface area contributed by atoms with Crippen molar-refractivity contribution < 1.29 is 4.79 Å². The molecule has 0 unspecified atom stereocenters. The molecule has 0 saturated carbocycles. The van der Waals surface area contributed by atoms with Gasteiger partial charge >= 0.3 is 0 Å². The van der Waals surface area contributed by atoms with Crippen molar-refractivity contribution in [1.29, 1.82) is 0 Å². The Morgan fingerprint density at radius 1 is 1.21 bits per heavy atom. The number of nitrogens with zero attached hydrogens (tertiary/aromatic N) is 2. The molecule has 1 amide bonds. The second-order valence-electron chi connectivity index (χ2n) is 5.38. The third kappa shape index (κ3) is 3.38. The second-order valence-corrected chi connectivity index (χ2v) is 6.30. The molecule has 6 heteroatoms. The molecular formula is C18H16BrN3O2. The molecule has 3 rings (SSSR count). The van der Waals surface area contributed by atoms with Crippen LogP contribution < -0.4 is 11.0 Å². The fraction of sp³-hybridized carbons (Fsp3) is 0.167. The minimum atomic E-state index is -0.278. The van der Waals surface area contributed by atoms with Gasteiger partial charge in [-0.3, -0.25) is 15.0 Å². The first-order valence-electron chi connectivity index (χ1n) is 7.63. The number of fused-ring (bicyclic) bond motifs is 1. The number of benzene rings is 2.